The summed E-state index contributed by atoms with van der Waals surface area (Å²) in [5.74, 6) is -0.363. The number of halogens is 1. The van der Waals surface area contributed by atoms with E-state index in [0.29, 0.717) is 22.3 Å². The highest BCUT2D eigenvalue weighted by molar-refractivity contribution is 7.91. The molecule has 1 heterocycles. The van der Waals surface area contributed by atoms with Gasteiger partial charge in [-0.1, -0.05) is 35.9 Å². The molecule has 0 saturated heterocycles. The molecule has 4 nitrogen and oxygen atoms in total. The second-order valence-corrected chi connectivity index (χ2v) is 8.38. The topological polar surface area (TPSA) is 59.1 Å². The van der Waals surface area contributed by atoms with Gasteiger partial charge in [-0.05, 0) is 49.4 Å². The average molecular weight is 392 g/mol. The lowest BCUT2D eigenvalue weighted by Gasteiger charge is -2.15. The van der Waals surface area contributed by atoms with Gasteiger partial charge in [0.2, 0.25) is 9.84 Å². The zero-order chi connectivity index (χ0) is 19.7. The lowest BCUT2D eigenvalue weighted by molar-refractivity contribution is 0.596. The summed E-state index contributed by atoms with van der Waals surface area (Å²) in [4.78, 5) is 4.59. The van der Waals surface area contributed by atoms with Crippen molar-refractivity contribution in [3.05, 3.63) is 90.4 Å². The predicted octanol–water partition coefficient (Wildman–Crippen LogP) is 5.26. The second-order valence-electron chi connectivity index (χ2n) is 6.46. The van der Waals surface area contributed by atoms with Crippen LogP contribution in [0.15, 0.2) is 88.8 Å². The van der Waals surface area contributed by atoms with Gasteiger partial charge in [-0.15, -0.1) is 0 Å². The normalized spacial score (nSPS) is 11.5. The summed E-state index contributed by atoms with van der Waals surface area (Å²) in [7, 11) is -3.81. The molecule has 0 radical (unpaired) electrons. The number of hydrogen-bond donors (Lipinski definition) is 1. The van der Waals surface area contributed by atoms with Crippen LogP contribution in [0.5, 0.6) is 0 Å². The molecule has 4 rings (SSSR count). The van der Waals surface area contributed by atoms with Gasteiger partial charge in [0, 0.05) is 17.3 Å². The van der Waals surface area contributed by atoms with E-state index in [-0.39, 0.29) is 15.6 Å². The first-order valence-electron chi connectivity index (χ1n) is 8.67. The van der Waals surface area contributed by atoms with E-state index in [9.17, 15) is 12.8 Å². The Morgan fingerprint density at radius 3 is 2.29 bits per heavy atom. The maximum Gasteiger partial charge on any atom is 0.210 e. The van der Waals surface area contributed by atoms with Crippen LogP contribution in [0.3, 0.4) is 0 Å². The molecule has 0 aliphatic carbocycles. The first-order chi connectivity index (χ1) is 13.4. The van der Waals surface area contributed by atoms with Crippen molar-refractivity contribution in [3.63, 3.8) is 0 Å². The average Bonchev–Trinajstić information content (AvgIpc) is 2.70. The smallest absolute Gasteiger partial charge is 0.210 e. The highest BCUT2D eigenvalue weighted by Crippen LogP contribution is 2.35. The van der Waals surface area contributed by atoms with Crippen LogP contribution in [0.4, 0.5) is 15.8 Å². The second kappa shape index (κ2) is 7.05. The lowest BCUT2D eigenvalue weighted by atomic mass is 10.2. The van der Waals surface area contributed by atoms with Crippen molar-refractivity contribution in [1.82, 2.24) is 4.98 Å². The number of nitrogens with zero attached hydrogens (tertiary/aromatic N) is 1. The van der Waals surface area contributed by atoms with Gasteiger partial charge in [-0.3, -0.25) is 4.98 Å². The molecule has 0 saturated carbocycles. The summed E-state index contributed by atoms with van der Waals surface area (Å²) in [6, 6.07) is 19.7. The molecular formula is C22H17FN2O2S. The van der Waals surface area contributed by atoms with Gasteiger partial charge in [-0.2, -0.15) is 0 Å². The largest absolute Gasteiger partial charge is 0.354 e. The van der Waals surface area contributed by atoms with Gasteiger partial charge in [0.15, 0.2) is 0 Å². The Labute approximate surface area is 162 Å². The molecule has 4 aromatic rings. The summed E-state index contributed by atoms with van der Waals surface area (Å²) in [6.45, 7) is 1.90. The fourth-order valence-electron chi connectivity index (χ4n) is 2.98. The summed E-state index contributed by atoms with van der Waals surface area (Å²) >= 11 is 0. The Morgan fingerprint density at radius 2 is 1.57 bits per heavy atom. The molecule has 0 fully saturated rings. The van der Waals surface area contributed by atoms with E-state index < -0.39 is 9.84 Å². The molecular weight excluding hydrogens is 375 g/mol. The van der Waals surface area contributed by atoms with Crippen molar-refractivity contribution < 1.29 is 12.8 Å². The third kappa shape index (κ3) is 3.34. The standard InChI is InChI=1S/C22H17FN2O2S/c1-15-6-12-18(13-7-15)28(26,27)21-14-24-20-5-3-2-4-19(20)22(21)25-17-10-8-16(23)9-11-17/h2-14H,1H3,(H,24,25). The fraction of sp³-hybridized carbons (Fsp3) is 0.0455. The van der Waals surface area contributed by atoms with Crippen molar-refractivity contribution >= 4 is 32.1 Å². The van der Waals surface area contributed by atoms with Crippen LogP contribution in [0.25, 0.3) is 10.9 Å². The molecule has 1 aromatic heterocycles. The zero-order valence-corrected chi connectivity index (χ0v) is 15.9. The van der Waals surface area contributed by atoms with Crippen LogP contribution >= 0.6 is 0 Å². The minimum atomic E-state index is -3.81. The SMILES string of the molecule is Cc1ccc(S(=O)(=O)c2cnc3ccccc3c2Nc2ccc(F)cc2)cc1. The minimum Gasteiger partial charge on any atom is -0.354 e. The first kappa shape index (κ1) is 18.1. The zero-order valence-electron chi connectivity index (χ0n) is 15.1. The Hall–Kier alpha value is -3.25. The van der Waals surface area contributed by atoms with E-state index in [0.717, 1.165) is 5.56 Å². The molecule has 0 aliphatic heterocycles. The third-order valence-electron chi connectivity index (χ3n) is 4.48. The number of aromatic nitrogens is 1. The van der Waals surface area contributed by atoms with Crippen LogP contribution in [0, 0.1) is 12.7 Å². The van der Waals surface area contributed by atoms with Gasteiger partial charge in [0.25, 0.3) is 0 Å². The number of rotatable bonds is 4. The molecule has 6 heteroatoms. The van der Waals surface area contributed by atoms with Crippen molar-refractivity contribution in [2.24, 2.45) is 0 Å². The lowest BCUT2D eigenvalue weighted by Crippen LogP contribution is -2.07. The van der Waals surface area contributed by atoms with Crippen LogP contribution in [0.1, 0.15) is 5.56 Å². The number of sulfone groups is 1. The van der Waals surface area contributed by atoms with Gasteiger partial charge < -0.3 is 5.32 Å². The van der Waals surface area contributed by atoms with Gasteiger partial charge in [-0.25, -0.2) is 12.8 Å². The molecule has 28 heavy (non-hydrogen) atoms. The monoisotopic (exact) mass is 392 g/mol. The number of nitrogens with one attached hydrogen (secondary N) is 1. The van der Waals surface area contributed by atoms with Gasteiger partial charge in [0.05, 0.1) is 16.1 Å². The van der Waals surface area contributed by atoms with Gasteiger partial charge in [0.1, 0.15) is 10.7 Å². The Morgan fingerprint density at radius 1 is 0.893 bits per heavy atom. The van der Waals surface area contributed by atoms with Crippen LogP contribution < -0.4 is 5.32 Å². The number of para-hydroxylation sites is 1. The molecule has 140 valence electrons. The number of fused-ring (bicyclic) bond motifs is 1. The molecule has 0 bridgehead atoms. The van der Waals surface area contributed by atoms with E-state index in [1.54, 1.807) is 36.4 Å². The Balaban J connectivity index is 1.92. The number of aryl methyl sites for hydroxylation is 1. The molecule has 0 aliphatic rings. The van der Waals surface area contributed by atoms with Crippen molar-refractivity contribution in [1.29, 1.82) is 0 Å². The summed E-state index contributed by atoms with van der Waals surface area (Å²) in [6.07, 6.45) is 1.36. The van der Waals surface area contributed by atoms with Crippen LogP contribution in [-0.2, 0) is 9.84 Å². The highest BCUT2D eigenvalue weighted by Gasteiger charge is 2.24. The first-order valence-corrected chi connectivity index (χ1v) is 10.2. The van der Waals surface area contributed by atoms with E-state index in [1.165, 1.54) is 18.3 Å². The quantitative estimate of drug-likeness (QED) is 0.515. The fourth-order valence-corrected chi connectivity index (χ4v) is 4.35. The van der Waals surface area contributed by atoms with Crippen molar-refractivity contribution in [3.8, 4) is 0 Å². The maximum absolute atomic E-state index is 13.3. The number of anilines is 2. The Kier molecular flexibility index (Phi) is 4.57. The summed E-state index contributed by atoms with van der Waals surface area (Å²) in [5, 5.41) is 3.81. The highest BCUT2D eigenvalue weighted by atomic mass is 32.2. The number of hydrogen-bond acceptors (Lipinski definition) is 4. The minimum absolute atomic E-state index is 0.0689. The molecule has 0 atom stereocenters. The molecule has 0 unspecified atom stereocenters. The Bertz CT molecular complexity index is 1250. The molecule has 3 aromatic carbocycles. The summed E-state index contributed by atoms with van der Waals surface area (Å²) in [5.41, 5.74) is 2.63. The van der Waals surface area contributed by atoms with E-state index in [1.807, 2.05) is 31.2 Å². The predicted molar refractivity (Wildman–Crippen MR) is 108 cm³/mol. The van der Waals surface area contributed by atoms with E-state index >= 15 is 0 Å². The van der Waals surface area contributed by atoms with Gasteiger partial charge >= 0.3 is 0 Å². The van der Waals surface area contributed by atoms with E-state index in [4.69, 9.17) is 0 Å². The molecule has 0 spiro atoms. The maximum atomic E-state index is 13.3. The van der Waals surface area contributed by atoms with Crippen molar-refractivity contribution in [2.75, 3.05) is 5.32 Å². The van der Waals surface area contributed by atoms with Crippen molar-refractivity contribution in [2.45, 2.75) is 16.7 Å². The summed E-state index contributed by atoms with van der Waals surface area (Å²) < 4.78 is 39.9. The molecule has 0 amide bonds. The number of benzene rings is 3. The van der Waals surface area contributed by atoms with Crippen LogP contribution in [-0.4, -0.2) is 13.4 Å². The van der Waals surface area contributed by atoms with Crippen LogP contribution in [0.2, 0.25) is 0 Å². The van der Waals surface area contributed by atoms with E-state index in [2.05, 4.69) is 10.3 Å². The molecule has 1 N–H and O–H groups in total. The number of pyridine rings is 1. The third-order valence-corrected chi connectivity index (χ3v) is 6.26.